The first-order valence-corrected chi connectivity index (χ1v) is 14.9. The number of nitrogens with one attached hydrogen (secondary N) is 2. The van der Waals surface area contributed by atoms with E-state index in [0.717, 1.165) is 27.1 Å². The molecule has 0 aliphatic rings. The molecular weight excluding hydrogens is 563 g/mol. The molecule has 0 bridgehead atoms. The molecule has 208 valence electrons. The highest BCUT2D eigenvalue weighted by molar-refractivity contribution is 8.00. The number of hydrogen-bond donors (Lipinski definition) is 2. The molecule has 1 aromatic heterocycles. The number of anilines is 2. The van der Waals surface area contributed by atoms with Crippen LogP contribution in [0.2, 0.25) is 0 Å². The van der Waals surface area contributed by atoms with Crippen LogP contribution < -0.4 is 15.4 Å². The first-order chi connectivity index (χ1) is 20.4. The van der Waals surface area contributed by atoms with Gasteiger partial charge in [-0.05, 0) is 54.4 Å². The number of carbonyl (C=O) groups is 2. The summed E-state index contributed by atoms with van der Waals surface area (Å²) in [6.45, 7) is 2.01. The molecule has 1 heterocycles. The lowest BCUT2D eigenvalue weighted by atomic mass is 10.0. The van der Waals surface area contributed by atoms with E-state index < -0.39 is 5.25 Å². The van der Waals surface area contributed by atoms with Gasteiger partial charge in [-0.3, -0.25) is 9.59 Å². The van der Waals surface area contributed by atoms with Crippen LogP contribution in [-0.4, -0.2) is 18.9 Å². The van der Waals surface area contributed by atoms with Crippen LogP contribution in [-0.2, 0) is 4.79 Å². The second kappa shape index (κ2) is 13.2. The van der Waals surface area contributed by atoms with Crippen molar-refractivity contribution in [2.75, 3.05) is 17.7 Å². The van der Waals surface area contributed by atoms with Crippen LogP contribution in [0.15, 0.2) is 113 Å². The van der Waals surface area contributed by atoms with Crippen molar-refractivity contribution >= 4 is 45.6 Å². The van der Waals surface area contributed by atoms with E-state index in [-0.39, 0.29) is 11.8 Å². The van der Waals surface area contributed by atoms with Gasteiger partial charge in [0.25, 0.3) is 5.91 Å². The molecule has 0 spiro atoms. The Balaban J connectivity index is 1.37. The molecule has 42 heavy (non-hydrogen) atoms. The zero-order valence-electron chi connectivity index (χ0n) is 23.0. The predicted octanol–water partition coefficient (Wildman–Crippen LogP) is 8.33. The lowest BCUT2D eigenvalue weighted by molar-refractivity contribution is -0.115. The topological polar surface area (TPSA) is 91.2 Å². The second-order valence-electron chi connectivity index (χ2n) is 9.44. The van der Waals surface area contributed by atoms with Gasteiger partial charge in [-0.1, -0.05) is 72.3 Å². The molecule has 0 aliphatic carbocycles. The predicted molar refractivity (Wildman–Crippen MR) is 170 cm³/mol. The smallest absolute Gasteiger partial charge is 0.255 e. The third-order valence-electron chi connectivity index (χ3n) is 6.52. The number of nitrogens with zero attached hydrogens (tertiary/aromatic N) is 1. The number of hydrogen-bond acceptors (Lipinski definition) is 6. The summed E-state index contributed by atoms with van der Waals surface area (Å²) in [7, 11) is 1.56. The number of nitriles is 1. The minimum absolute atomic E-state index is 0.245. The van der Waals surface area contributed by atoms with E-state index in [2.05, 4.69) is 16.7 Å². The molecule has 0 saturated heterocycles. The summed E-state index contributed by atoms with van der Waals surface area (Å²) in [4.78, 5) is 27.4. The van der Waals surface area contributed by atoms with Crippen molar-refractivity contribution in [3.8, 4) is 22.9 Å². The van der Waals surface area contributed by atoms with E-state index in [9.17, 15) is 14.9 Å². The van der Waals surface area contributed by atoms with Gasteiger partial charge in [-0.2, -0.15) is 5.26 Å². The number of thiophene rings is 1. The number of aryl methyl sites for hydroxylation is 1. The summed E-state index contributed by atoms with van der Waals surface area (Å²) < 4.78 is 5.23. The summed E-state index contributed by atoms with van der Waals surface area (Å²) in [5.41, 5.74) is 5.19. The summed E-state index contributed by atoms with van der Waals surface area (Å²) >= 11 is 2.71. The maximum absolute atomic E-state index is 13.8. The van der Waals surface area contributed by atoms with Gasteiger partial charge in [-0.25, -0.2) is 0 Å². The van der Waals surface area contributed by atoms with Crippen LogP contribution in [0.3, 0.4) is 0 Å². The maximum Gasteiger partial charge on any atom is 0.255 e. The Morgan fingerprint density at radius 1 is 0.905 bits per heavy atom. The van der Waals surface area contributed by atoms with Crippen molar-refractivity contribution in [2.24, 2.45) is 0 Å². The maximum atomic E-state index is 13.8. The van der Waals surface area contributed by atoms with Gasteiger partial charge in [0, 0.05) is 27.1 Å². The molecule has 1 atom stereocenters. The van der Waals surface area contributed by atoms with Gasteiger partial charge in [0.1, 0.15) is 22.1 Å². The second-order valence-corrected chi connectivity index (χ2v) is 11.5. The highest BCUT2D eigenvalue weighted by Crippen LogP contribution is 2.40. The highest BCUT2D eigenvalue weighted by Gasteiger charge is 2.25. The Morgan fingerprint density at radius 2 is 1.67 bits per heavy atom. The normalized spacial score (nSPS) is 11.3. The van der Waals surface area contributed by atoms with Crippen molar-refractivity contribution in [3.05, 3.63) is 131 Å². The number of thioether (sulfide) groups is 1. The van der Waals surface area contributed by atoms with Gasteiger partial charge in [0.15, 0.2) is 0 Å². The number of methoxy groups -OCH3 is 1. The fourth-order valence-corrected chi connectivity index (χ4v) is 6.34. The first kappa shape index (κ1) is 28.7. The van der Waals surface area contributed by atoms with Crippen molar-refractivity contribution < 1.29 is 14.3 Å². The summed E-state index contributed by atoms with van der Waals surface area (Å²) in [5, 5.41) is 17.7. The molecule has 0 aliphatic heterocycles. The Kier molecular flexibility index (Phi) is 9.02. The summed E-state index contributed by atoms with van der Waals surface area (Å²) in [5.74, 6) is 0.0882. The molecule has 5 aromatic rings. The average molecular weight is 590 g/mol. The zero-order chi connectivity index (χ0) is 29.5. The van der Waals surface area contributed by atoms with Gasteiger partial charge in [0.2, 0.25) is 5.91 Å². The third-order valence-corrected chi connectivity index (χ3v) is 8.66. The van der Waals surface area contributed by atoms with E-state index >= 15 is 0 Å². The fraction of sp³-hybridized carbons (Fsp3) is 0.0882. The number of ether oxygens (including phenoxy) is 1. The molecule has 4 aromatic carbocycles. The standard InChI is InChI=1S/C34H27N3O3S2/c1-22-14-16-23(17-15-22)30-21-41-34(29(30)20-35)37-33(39)31(24-8-4-3-5-9-24)42-28-13-7-11-26(19-28)36-32(38)25-10-6-12-27(18-25)40-2/h3-19,21,31H,1-2H3,(H,36,38)(H,37,39). The molecular formula is C34H27N3O3S2. The van der Waals surface area contributed by atoms with Crippen molar-refractivity contribution in [1.82, 2.24) is 0 Å². The number of benzene rings is 4. The Morgan fingerprint density at radius 3 is 2.40 bits per heavy atom. The SMILES string of the molecule is COc1cccc(C(=O)Nc2cccc(SC(C(=O)Nc3scc(-c4ccc(C)cc4)c3C#N)c3ccccc3)c2)c1. The quantitative estimate of drug-likeness (QED) is 0.169. The van der Waals surface area contributed by atoms with Gasteiger partial charge in [-0.15, -0.1) is 23.1 Å². The van der Waals surface area contributed by atoms with Crippen LogP contribution in [0.5, 0.6) is 5.75 Å². The summed E-state index contributed by atoms with van der Waals surface area (Å²) in [6.07, 6.45) is 0. The minimum atomic E-state index is -0.605. The summed E-state index contributed by atoms with van der Waals surface area (Å²) in [6, 6.07) is 34.0. The third kappa shape index (κ3) is 6.72. The van der Waals surface area contributed by atoms with E-state index in [4.69, 9.17) is 4.74 Å². The monoisotopic (exact) mass is 589 g/mol. The zero-order valence-corrected chi connectivity index (χ0v) is 24.6. The van der Waals surface area contributed by atoms with Crippen LogP contribution in [0.1, 0.15) is 32.3 Å². The molecule has 0 radical (unpaired) electrons. The van der Waals surface area contributed by atoms with Crippen molar-refractivity contribution in [2.45, 2.75) is 17.1 Å². The van der Waals surface area contributed by atoms with Crippen LogP contribution in [0.4, 0.5) is 10.7 Å². The molecule has 0 fully saturated rings. The van der Waals surface area contributed by atoms with Gasteiger partial charge >= 0.3 is 0 Å². The Hall–Kier alpha value is -4.84. The lowest BCUT2D eigenvalue weighted by Gasteiger charge is -2.17. The minimum Gasteiger partial charge on any atom is -0.497 e. The molecule has 1 unspecified atom stereocenters. The fourth-order valence-electron chi connectivity index (χ4n) is 4.34. The molecule has 5 rings (SSSR count). The number of rotatable bonds is 9. The van der Waals surface area contributed by atoms with Crippen molar-refractivity contribution in [3.63, 3.8) is 0 Å². The van der Waals surface area contributed by atoms with E-state index in [1.165, 1.54) is 23.1 Å². The number of carbonyl (C=O) groups excluding carboxylic acids is 2. The Labute approximate surface area is 253 Å². The molecule has 2 N–H and O–H groups in total. The molecule has 0 saturated carbocycles. The average Bonchev–Trinajstić information content (AvgIpc) is 3.43. The number of amides is 2. The van der Waals surface area contributed by atoms with Crippen molar-refractivity contribution in [1.29, 1.82) is 5.26 Å². The molecule has 6 nitrogen and oxygen atoms in total. The lowest BCUT2D eigenvalue weighted by Crippen LogP contribution is -2.19. The first-order valence-electron chi connectivity index (χ1n) is 13.1. The Bertz CT molecular complexity index is 1760. The highest BCUT2D eigenvalue weighted by atomic mass is 32.2. The van der Waals surface area contributed by atoms with Gasteiger partial charge in [0.05, 0.1) is 12.7 Å². The van der Waals surface area contributed by atoms with Crippen LogP contribution in [0, 0.1) is 18.3 Å². The largest absolute Gasteiger partial charge is 0.497 e. The van der Waals surface area contributed by atoms with Crippen LogP contribution in [0.25, 0.3) is 11.1 Å². The van der Waals surface area contributed by atoms with E-state index in [0.29, 0.717) is 27.6 Å². The molecule has 8 heteroatoms. The van der Waals surface area contributed by atoms with Gasteiger partial charge < -0.3 is 15.4 Å². The van der Waals surface area contributed by atoms with E-state index in [1.54, 1.807) is 37.4 Å². The van der Waals surface area contributed by atoms with Crippen LogP contribution >= 0.6 is 23.1 Å². The molecule has 2 amide bonds. The van der Waals surface area contributed by atoms with E-state index in [1.807, 2.05) is 85.1 Å².